The van der Waals surface area contributed by atoms with Gasteiger partial charge in [0, 0.05) is 37.0 Å². The highest BCUT2D eigenvalue weighted by molar-refractivity contribution is 7.15. The van der Waals surface area contributed by atoms with Gasteiger partial charge in [-0.2, -0.15) is 0 Å². The van der Waals surface area contributed by atoms with Gasteiger partial charge in [0.05, 0.1) is 12.3 Å². The van der Waals surface area contributed by atoms with Crippen LogP contribution in [0, 0.1) is 12.8 Å². The van der Waals surface area contributed by atoms with Crippen LogP contribution in [0.1, 0.15) is 30.0 Å². The van der Waals surface area contributed by atoms with E-state index in [1.165, 1.54) is 11.3 Å². The minimum atomic E-state index is 0.0821. The van der Waals surface area contributed by atoms with Crippen molar-refractivity contribution in [1.82, 2.24) is 4.98 Å². The van der Waals surface area contributed by atoms with E-state index in [4.69, 9.17) is 10.5 Å². The second-order valence-corrected chi connectivity index (χ2v) is 5.80. The third-order valence-corrected chi connectivity index (χ3v) is 4.61. The standard InChI is InChI=1S/C12H21N3OS/c1-8(13)11-9(2)14-12(17-11)15-5-4-10(6-15)7-16-3/h8,10H,4-7,13H2,1-3H3. The maximum atomic E-state index is 5.93. The Bertz CT molecular complexity index is 378. The van der Waals surface area contributed by atoms with Crippen LogP contribution in [-0.4, -0.2) is 31.8 Å². The lowest BCUT2D eigenvalue weighted by Crippen LogP contribution is -2.20. The molecule has 0 aromatic carbocycles. The predicted octanol–water partition coefficient (Wildman–Crippen LogP) is 1.94. The van der Waals surface area contributed by atoms with E-state index >= 15 is 0 Å². The zero-order valence-corrected chi connectivity index (χ0v) is 11.6. The lowest BCUT2D eigenvalue weighted by Gasteiger charge is -2.14. The Kier molecular flexibility index (Phi) is 4.01. The first-order chi connectivity index (χ1) is 8.11. The molecule has 2 unspecified atom stereocenters. The molecule has 1 aromatic rings. The highest BCUT2D eigenvalue weighted by Gasteiger charge is 2.25. The van der Waals surface area contributed by atoms with Gasteiger partial charge < -0.3 is 15.4 Å². The molecule has 1 fully saturated rings. The number of nitrogens with two attached hydrogens (primary N) is 1. The molecule has 1 aliphatic rings. The van der Waals surface area contributed by atoms with Gasteiger partial charge in [0.2, 0.25) is 0 Å². The molecule has 1 aliphatic heterocycles. The fourth-order valence-corrected chi connectivity index (χ4v) is 3.38. The van der Waals surface area contributed by atoms with Crippen LogP contribution in [0.4, 0.5) is 5.13 Å². The maximum Gasteiger partial charge on any atom is 0.185 e. The van der Waals surface area contributed by atoms with Crippen molar-refractivity contribution < 1.29 is 4.74 Å². The van der Waals surface area contributed by atoms with Gasteiger partial charge in [0.15, 0.2) is 5.13 Å². The molecule has 2 heterocycles. The lowest BCUT2D eigenvalue weighted by molar-refractivity contribution is 0.161. The number of nitrogens with zero attached hydrogens (tertiary/aromatic N) is 2. The van der Waals surface area contributed by atoms with Gasteiger partial charge in [-0.25, -0.2) is 4.98 Å². The summed E-state index contributed by atoms with van der Waals surface area (Å²) in [6.45, 7) is 7.04. The van der Waals surface area contributed by atoms with Crippen molar-refractivity contribution >= 4 is 16.5 Å². The van der Waals surface area contributed by atoms with Crippen molar-refractivity contribution in [3.05, 3.63) is 10.6 Å². The minimum Gasteiger partial charge on any atom is -0.384 e. The third kappa shape index (κ3) is 2.78. The second kappa shape index (κ2) is 5.33. The van der Waals surface area contributed by atoms with Crippen molar-refractivity contribution in [1.29, 1.82) is 0 Å². The van der Waals surface area contributed by atoms with Crippen molar-refractivity contribution in [2.24, 2.45) is 11.7 Å². The molecule has 96 valence electrons. The number of rotatable bonds is 4. The Balaban J connectivity index is 2.06. The number of anilines is 1. The van der Waals surface area contributed by atoms with Crippen LogP contribution < -0.4 is 10.6 Å². The van der Waals surface area contributed by atoms with Gasteiger partial charge in [-0.3, -0.25) is 0 Å². The normalized spacial score (nSPS) is 22.1. The summed E-state index contributed by atoms with van der Waals surface area (Å²) in [5, 5.41) is 1.12. The molecule has 0 saturated carbocycles. The second-order valence-electron chi connectivity index (χ2n) is 4.79. The minimum absolute atomic E-state index is 0.0821. The molecular weight excluding hydrogens is 234 g/mol. The smallest absolute Gasteiger partial charge is 0.185 e. The van der Waals surface area contributed by atoms with Crippen molar-refractivity contribution in [2.75, 3.05) is 31.7 Å². The van der Waals surface area contributed by atoms with Gasteiger partial charge in [-0.05, 0) is 20.3 Å². The number of aryl methyl sites for hydroxylation is 1. The van der Waals surface area contributed by atoms with E-state index < -0.39 is 0 Å². The molecule has 0 bridgehead atoms. The number of hydrogen-bond acceptors (Lipinski definition) is 5. The molecular formula is C12H21N3OS. The van der Waals surface area contributed by atoms with Gasteiger partial charge >= 0.3 is 0 Å². The van der Waals surface area contributed by atoms with E-state index in [0.717, 1.165) is 30.5 Å². The summed E-state index contributed by atoms with van der Waals surface area (Å²) < 4.78 is 5.21. The average molecular weight is 255 g/mol. The highest BCUT2D eigenvalue weighted by atomic mass is 32.1. The SMILES string of the molecule is COCC1CCN(c2nc(C)c(C(C)N)s2)C1. The molecule has 17 heavy (non-hydrogen) atoms. The zero-order chi connectivity index (χ0) is 12.4. The highest BCUT2D eigenvalue weighted by Crippen LogP contribution is 2.32. The predicted molar refractivity (Wildman–Crippen MR) is 71.6 cm³/mol. The molecule has 2 atom stereocenters. The molecule has 1 aromatic heterocycles. The van der Waals surface area contributed by atoms with Crippen molar-refractivity contribution in [2.45, 2.75) is 26.3 Å². The summed E-state index contributed by atoms with van der Waals surface area (Å²) >= 11 is 1.73. The van der Waals surface area contributed by atoms with E-state index in [-0.39, 0.29) is 6.04 Å². The van der Waals surface area contributed by atoms with Crippen molar-refractivity contribution in [3.63, 3.8) is 0 Å². The maximum absolute atomic E-state index is 5.93. The first-order valence-corrected chi connectivity index (χ1v) is 6.90. The molecule has 0 spiro atoms. The van der Waals surface area contributed by atoms with Crippen LogP contribution >= 0.6 is 11.3 Å². The van der Waals surface area contributed by atoms with E-state index in [1.54, 1.807) is 18.4 Å². The Morgan fingerprint density at radius 1 is 1.65 bits per heavy atom. The summed E-state index contributed by atoms with van der Waals surface area (Å²) in [7, 11) is 1.77. The van der Waals surface area contributed by atoms with Crippen LogP contribution in [0.2, 0.25) is 0 Å². The van der Waals surface area contributed by atoms with E-state index in [9.17, 15) is 0 Å². The molecule has 1 saturated heterocycles. The quantitative estimate of drug-likeness (QED) is 0.893. The molecule has 0 aliphatic carbocycles. The number of methoxy groups -OCH3 is 1. The van der Waals surface area contributed by atoms with Crippen molar-refractivity contribution in [3.8, 4) is 0 Å². The largest absolute Gasteiger partial charge is 0.384 e. The molecule has 2 rings (SSSR count). The van der Waals surface area contributed by atoms with E-state index in [2.05, 4.69) is 9.88 Å². The third-order valence-electron chi connectivity index (χ3n) is 3.19. The van der Waals surface area contributed by atoms with Gasteiger partial charge in [0.1, 0.15) is 0 Å². The number of hydrogen-bond donors (Lipinski definition) is 1. The molecule has 5 heteroatoms. The van der Waals surface area contributed by atoms with E-state index in [1.807, 2.05) is 13.8 Å². The lowest BCUT2D eigenvalue weighted by atomic mass is 10.1. The van der Waals surface area contributed by atoms with Gasteiger partial charge in [-0.15, -0.1) is 11.3 Å². The molecule has 0 amide bonds. The Labute approximate surface area is 107 Å². The van der Waals surface area contributed by atoms with E-state index in [0.29, 0.717) is 5.92 Å². The van der Waals surface area contributed by atoms with Gasteiger partial charge in [0.25, 0.3) is 0 Å². The van der Waals surface area contributed by atoms with Crippen LogP contribution in [-0.2, 0) is 4.74 Å². The Morgan fingerprint density at radius 3 is 3.00 bits per heavy atom. The number of thiazole rings is 1. The summed E-state index contributed by atoms with van der Waals surface area (Å²) in [6, 6.07) is 0.0821. The summed E-state index contributed by atoms with van der Waals surface area (Å²) in [5.41, 5.74) is 7.01. The monoisotopic (exact) mass is 255 g/mol. The first-order valence-electron chi connectivity index (χ1n) is 6.08. The van der Waals surface area contributed by atoms with Gasteiger partial charge in [-0.1, -0.05) is 0 Å². The summed E-state index contributed by atoms with van der Waals surface area (Å²) in [4.78, 5) is 8.19. The van der Waals surface area contributed by atoms with Crippen LogP contribution in [0.25, 0.3) is 0 Å². The van der Waals surface area contributed by atoms with Crippen LogP contribution in [0.5, 0.6) is 0 Å². The fourth-order valence-electron chi connectivity index (χ4n) is 2.33. The summed E-state index contributed by atoms with van der Waals surface area (Å²) in [5.74, 6) is 0.642. The summed E-state index contributed by atoms with van der Waals surface area (Å²) in [6.07, 6.45) is 1.19. The zero-order valence-electron chi connectivity index (χ0n) is 10.8. The number of aromatic nitrogens is 1. The number of ether oxygens (including phenoxy) is 1. The molecule has 2 N–H and O–H groups in total. The Morgan fingerprint density at radius 2 is 2.41 bits per heavy atom. The topological polar surface area (TPSA) is 51.4 Å². The molecule has 0 radical (unpaired) electrons. The van der Waals surface area contributed by atoms with Crippen LogP contribution in [0.15, 0.2) is 0 Å². The molecule has 4 nitrogen and oxygen atoms in total. The average Bonchev–Trinajstić information content (AvgIpc) is 2.85. The van der Waals surface area contributed by atoms with Crippen LogP contribution in [0.3, 0.4) is 0 Å². The fraction of sp³-hybridized carbons (Fsp3) is 0.750. The Hall–Kier alpha value is -0.650. The first kappa shape index (κ1) is 12.8.